The molecule has 0 saturated heterocycles. The van der Waals surface area contributed by atoms with Gasteiger partial charge in [-0.3, -0.25) is 4.79 Å². The molecule has 0 radical (unpaired) electrons. The quantitative estimate of drug-likeness (QED) is 0.786. The van der Waals surface area contributed by atoms with Crippen LogP contribution >= 0.6 is 11.6 Å². The molecule has 0 unspecified atom stereocenters. The van der Waals surface area contributed by atoms with E-state index in [2.05, 4.69) is 10.3 Å². The highest BCUT2D eigenvalue weighted by molar-refractivity contribution is 6.30. The van der Waals surface area contributed by atoms with Crippen molar-refractivity contribution >= 4 is 17.9 Å². The van der Waals surface area contributed by atoms with Gasteiger partial charge in [0.2, 0.25) is 0 Å². The first-order valence-electron chi connectivity index (χ1n) is 5.29. The molecule has 0 N–H and O–H groups in total. The summed E-state index contributed by atoms with van der Waals surface area (Å²) in [5.41, 5.74) is 1.89. The van der Waals surface area contributed by atoms with Crippen LogP contribution in [0.25, 0.3) is 11.3 Å². The molecule has 2 aromatic rings. The predicted molar refractivity (Wildman–Crippen MR) is 66.2 cm³/mol. The van der Waals surface area contributed by atoms with E-state index in [-0.39, 0.29) is 6.04 Å². The molecule has 88 valence electrons. The highest BCUT2D eigenvalue weighted by atomic mass is 35.5. The van der Waals surface area contributed by atoms with Gasteiger partial charge in [0.1, 0.15) is 0 Å². The van der Waals surface area contributed by atoms with Crippen molar-refractivity contribution in [2.75, 3.05) is 0 Å². The molecule has 1 aromatic carbocycles. The zero-order valence-electron chi connectivity index (χ0n) is 9.59. The number of nitrogens with zero attached hydrogens (tertiary/aromatic N) is 3. The largest absolute Gasteiger partial charge is 0.296 e. The van der Waals surface area contributed by atoms with Gasteiger partial charge in [-0.05, 0) is 26.0 Å². The lowest BCUT2D eigenvalue weighted by molar-refractivity contribution is 0.111. The third kappa shape index (κ3) is 2.22. The molecule has 0 bridgehead atoms. The van der Waals surface area contributed by atoms with E-state index in [9.17, 15) is 4.79 Å². The number of halogens is 1. The second-order valence-corrected chi connectivity index (χ2v) is 4.43. The van der Waals surface area contributed by atoms with E-state index in [0.29, 0.717) is 22.7 Å². The maximum atomic E-state index is 11.0. The average molecular weight is 250 g/mol. The van der Waals surface area contributed by atoms with Crippen LogP contribution in [0, 0.1) is 0 Å². The van der Waals surface area contributed by atoms with Crippen LogP contribution in [0.1, 0.15) is 30.4 Å². The molecule has 1 heterocycles. The van der Waals surface area contributed by atoms with Crippen molar-refractivity contribution < 1.29 is 4.79 Å². The van der Waals surface area contributed by atoms with Crippen molar-refractivity contribution in [1.29, 1.82) is 0 Å². The molecule has 17 heavy (non-hydrogen) atoms. The summed E-state index contributed by atoms with van der Waals surface area (Å²) in [7, 11) is 0. The molecule has 0 saturated carbocycles. The Labute approximate surface area is 104 Å². The molecule has 0 atom stereocenters. The van der Waals surface area contributed by atoms with Crippen molar-refractivity contribution in [3.8, 4) is 11.3 Å². The van der Waals surface area contributed by atoms with Gasteiger partial charge in [-0.25, -0.2) is 4.68 Å². The Kier molecular flexibility index (Phi) is 3.24. The summed E-state index contributed by atoms with van der Waals surface area (Å²) in [4.78, 5) is 11.0. The first-order valence-corrected chi connectivity index (χ1v) is 5.67. The smallest absolute Gasteiger partial charge is 0.172 e. The Morgan fingerprint density at radius 2 is 2.18 bits per heavy atom. The second kappa shape index (κ2) is 4.67. The maximum absolute atomic E-state index is 11.0. The monoisotopic (exact) mass is 249 g/mol. The van der Waals surface area contributed by atoms with Gasteiger partial charge in [0.15, 0.2) is 12.0 Å². The summed E-state index contributed by atoms with van der Waals surface area (Å²) in [5, 5.41) is 8.47. The summed E-state index contributed by atoms with van der Waals surface area (Å²) < 4.78 is 1.72. The number of carbonyl (C=O) groups is 1. The van der Waals surface area contributed by atoms with Crippen LogP contribution in [-0.2, 0) is 0 Å². The molecule has 0 aliphatic carbocycles. The highest BCUT2D eigenvalue weighted by Crippen LogP contribution is 2.26. The minimum atomic E-state index is 0.130. The Morgan fingerprint density at radius 3 is 2.76 bits per heavy atom. The number of benzene rings is 1. The third-order valence-corrected chi connectivity index (χ3v) is 2.65. The molecule has 1 aromatic heterocycles. The molecule has 0 amide bonds. The summed E-state index contributed by atoms with van der Waals surface area (Å²) >= 11 is 5.95. The van der Waals surface area contributed by atoms with Crippen LogP contribution in [0.2, 0.25) is 5.02 Å². The van der Waals surface area contributed by atoms with Crippen molar-refractivity contribution in [3.63, 3.8) is 0 Å². The Morgan fingerprint density at radius 1 is 1.41 bits per heavy atom. The van der Waals surface area contributed by atoms with Crippen LogP contribution in [0.5, 0.6) is 0 Å². The first kappa shape index (κ1) is 11.8. The van der Waals surface area contributed by atoms with Gasteiger partial charge in [-0.2, -0.15) is 0 Å². The van der Waals surface area contributed by atoms with Crippen LogP contribution < -0.4 is 0 Å². The fraction of sp³-hybridized carbons (Fsp3) is 0.250. The number of hydrogen-bond donors (Lipinski definition) is 0. The van der Waals surface area contributed by atoms with Crippen molar-refractivity contribution in [1.82, 2.24) is 15.0 Å². The van der Waals surface area contributed by atoms with E-state index in [1.165, 1.54) is 0 Å². The minimum absolute atomic E-state index is 0.130. The minimum Gasteiger partial charge on any atom is -0.296 e. The second-order valence-electron chi connectivity index (χ2n) is 3.99. The molecule has 2 rings (SSSR count). The lowest BCUT2D eigenvalue weighted by Gasteiger charge is -2.10. The number of hydrogen-bond acceptors (Lipinski definition) is 3. The van der Waals surface area contributed by atoms with Crippen LogP contribution in [-0.4, -0.2) is 21.3 Å². The Balaban J connectivity index is 2.64. The summed E-state index contributed by atoms with van der Waals surface area (Å²) in [6, 6.07) is 7.44. The number of aldehydes is 1. The lowest BCUT2D eigenvalue weighted by Crippen LogP contribution is -2.05. The zero-order chi connectivity index (χ0) is 12.4. The average Bonchev–Trinajstić information content (AvgIpc) is 2.72. The van der Waals surface area contributed by atoms with Crippen molar-refractivity contribution in [2.45, 2.75) is 19.9 Å². The Bertz CT molecular complexity index is 548. The van der Waals surface area contributed by atoms with Gasteiger partial charge >= 0.3 is 0 Å². The number of aromatic nitrogens is 3. The van der Waals surface area contributed by atoms with E-state index in [4.69, 9.17) is 11.6 Å². The van der Waals surface area contributed by atoms with E-state index >= 15 is 0 Å². The lowest BCUT2D eigenvalue weighted by atomic mass is 10.1. The molecule has 4 nitrogen and oxygen atoms in total. The number of rotatable bonds is 3. The summed E-state index contributed by atoms with van der Waals surface area (Å²) in [5.74, 6) is 0. The fourth-order valence-electron chi connectivity index (χ4n) is 1.66. The molecular formula is C12H12ClN3O. The van der Waals surface area contributed by atoms with Gasteiger partial charge < -0.3 is 0 Å². The summed E-state index contributed by atoms with van der Waals surface area (Å²) in [6.45, 7) is 3.97. The molecular weight excluding hydrogens is 238 g/mol. The first-order chi connectivity index (χ1) is 8.13. The maximum Gasteiger partial charge on any atom is 0.172 e. The van der Waals surface area contributed by atoms with Crippen molar-refractivity contribution in [3.05, 3.63) is 35.0 Å². The summed E-state index contributed by atoms with van der Waals surface area (Å²) in [6.07, 6.45) is 0.710. The van der Waals surface area contributed by atoms with Gasteiger partial charge in [-0.1, -0.05) is 28.9 Å². The van der Waals surface area contributed by atoms with E-state index in [0.717, 1.165) is 5.56 Å². The molecule has 0 aliphatic rings. The van der Waals surface area contributed by atoms with Crippen LogP contribution in [0.4, 0.5) is 0 Å². The Hall–Kier alpha value is -1.68. The predicted octanol–water partition coefficient (Wildman–Crippen LogP) is 2.99. The molecule has 0 aliphatic heterocycles. The normalized spacial score (nSPS) is 10.8. The van der Waals surface area contributed by atoms with Gasteiger partial charge in [0.25, 0.3) is 0 Å². The zero-order valence-corrected chi connectivity index (χ0v) is 10.3. The van der Waals surface area contributed by atoms with Gasteiger partial charge in [-0.15, -0.1) is 5.10 Å². The molecule has 0 fully saturated rings. The third-order valence-electron chi connectivity index (χ3n) is 2.42. The SMILES string of the molecule is CC(C)n1nnc(C=O)c1-c1cccc(Cl)c1. The fourth-order valence-corrected chi connectivity index (χ4v) is 1.85. The van der Waals surface area contributed by atoms with Crippen molar-refractivity contribution in [2.24, 2.45) is 0 Å². The molecule has 5 heteroatoms. The standard InChI is InChI=1S/C12H12ClN3O/c1-8(2)16-12(11(7-17)14-15-16)9-4-3-5-10(13)6-9/h3-8H,1-2H3. The molecule has 0 spiro atoms. The van der Waals surface area contributed by atoms with E-state index in [1.54, 1.807) is 16.8 Å². The van der Waals surface area contributed by atoms with E-state index < -0.39 is 0 Å². The van der Waals surface area contributed by atoms with Gasteiger partial charge in [0.05, 0.1) is 5.69 Å². The van der Waals surface area contributed by atoms with Crippen LogP contribution in [0.15, 0.2) is 24.3 Å². The topological polar surface area (TPSA) is 47.8 Å². The number of carbonyl (C=O) groups excluding carboxylic acids is 1. The highest BCUT2D eigenvalue weighted by Gasteiger charge is 2.16. The van der Waals surface area contributed by atoms with Gasteiger partial charge in [0, 0.05) is 16.6 Å². The van der Waals surface area contributed by atoms with Crippen LogP contribution in [0.3, 0.4) is 0 Å². The van der Waals surface area contributed by atoms with E-state index in [1.807, 2.05) is 26.0 Å².